The number of aromatic nitrogens is 3. The predicted molar refractivity (Wildman–Crippen MR) is 93.0 cm³/mol. The SMILES string of the molecule is C=C(CCc1nnc(-c2cncc(F)c2)o1)NC(=O)COC1CC(OC(F)(F)F)C1. The molecule has 0 unspecified atom stereocenters. The molecular formula is C18H18F4N4O4. The molecule has 1 aliphatic rings. The van der Waals surface area contributed by atoms with Crippen molar-refractivity contribution in [3.8, 4) is 11.5 Å². The zero-order valence-electron chi connectivity index (χ0n) is 15.6. The highest BCUT2D eigenvalue weighted by Crippen LogP contribution is 2.32. The van der Waals surface area contributed by atoms with Gasteiger partial charge in [0.1, 0.15) is 12.4 Å². The predicted octanol–water partition coefficient (Wildman–Crippen LogP) is 2.92. The van der Waals surface area contributed by atoms with Gasteiger partial charge in [0.15, 0.2) is 0 Å². The van der Waals surface area contributed by atoms with E-state index in [1.165, 1.54) is 12.3 Å². The molecule has 162 valence electrons. The second-order valence-electron chi connectivity index (χ2n) is 6.63. The van der Waals surface area contributed by atoms with Crippen molar-refractivity contribution < 1.29 is 36.2 Å². The van der Waals surface area contributed by atoms with Crippen molar-refractivity contribution in [1.29, 1.82) is 0 Å². The quantitative estimate of drug-likeness (QED) is 0.611. The fraction of sp³-hybridized carbons (Fsp3) is 0.444. The van der Waals surface area contributed by atoms with Gasteiger partial charge in [0, 0.05) is 31.2 Å². The van der Waals surface area contributed by atoms with Crippen molar-refractivity contribution in [2.24, 2.45) is 0 Å². The van der Waals surface area contributed by atoms with Gasteiger partial charge in [0.25, 0.3) is 0 Å². The van der Waals surface area contributed by atoms with Crippen LogP contribution in [-0.4, -0.2) is 46.3 Å². The van der Waals surface area contributed by atoms with Crippen molar-refractivity contribution in [3.63, 3.8) is 0 Å². The van der Waals surface area contributed by atoms with Crippen LogP contribution in [0.25, 0.3) is 11.5 Å². The maximum atomic E-state index is 13.2. The lowest BCUT2D eigenvalue weighted by atomic mass is 9.92. The summed E-state index contributed by atoms with van der Waals surface area (Å²) in [6.07, 6.45) is -2.87. The number of rotatable bonds is 9. The monoisotopic (exact) mass is 430 g/mol. The molecule has 3 rings (SSSR count). The van der Waals surface area contributed by atoms with E-state index in [1.54, 1.807) is 0 Å². The first-order valence-electron chi connectivity index (χ1n) is 8.95. The number of amides is 1. The Balaban J connectivity index is 1.34. The summed E-state index contributed by atoms with van der Waals surface area (Å²) in [7, 11) is 0. The third-order valence-corrected chi connectivity index (χ3v) is 4.18. The Hall–Kier alpha value is -2.86. The van der Waals surface area contributed by atoms with Crippen molar-refractivity contribution in [2.45, 2.75) is 44.3 Å². The lowest BCUT2D eigenvalue weighted by molar-refractivity contribution is -0.357. The second kappa shape index (κ2) is 9.30. The van der Waals surface area contributed by atoms with Crippen LogP contribution in [0.3, 0.4) is 0 Å². The third kappa shape index (κ3) is 6.59. The summed E-state index contributed by atoms with van der Waals surface area (Å²) in [4.78, 5) is 15.5. The van der Waals surface area contributed by atoms with Crippen LogP contribution in [0.1, 0.15) is 25.2 Å². The molecule has 1 saturated carbocycles. The maximum Gasteiger partial charge on any atom is 0.522 e. The number of pyridine rings is 1. The van der Waals surface area contributed by atoms with E-state index >= 15 is 0 Å². The molecule has 2 heterocycles. The Kier molecular flexibility index (Phi) is 6.77. The normalized spacial score (nSPS) is 18.7. The van der Waals surface area contributed by atoms with Crippen molar-refractivity contribution in [3.05, 3.63) is 42.4 Å². The Morgan fingerprint density at radius 1 is 1.27 bits per heavy atom. The Bertz CT molecular complexity index is 896. The number of carbonyl (C=O) groups excluding carboxylic acids is 1. The van der Waals surface area contributed by atoms with Gasteiger partial charge in [-0.1, -0.05) is 6.58 Å². The van der Waals surface area contributed by atoms with Gasteiger partial charge in [-0.15, -0.1) is 23.4 Å². The van der Waals surface area contributed by atoms with Crippen LogP contribution in [0.15, 0.2) is 35.2 Å². The van der Waals surface area contributed by atoms with Gasteiger partial charge in [-0.2, -0.15) is 0 Å². The molecule has 0 saturated heterocycles. The lowest BCUT2D eigenvalue weighted by Crippen LogP contribution is -2.42. The Morgan fingerprint density at radius 3 is 2.73 bits per heavy atom. The van der Waals surface area contributed by atoms with Gasteiger partial charge in [0.05, 0.1) is 24.0 Å². The smallest absolute Gasteiger partial charge is 0.421 e. The number of hydrogen-bond donors (Lipinski definition) is 1. The number of halogens is 4. The molecule has 2 aromatic rings. The molecule has 0 spiro atoms. The summed E-state index contributed by atoms with van der Waals surface area (Å²) < 4.78 is 63.8. The minimum Gasteiger partial charge on any atom is -0.421 e. The molecule has 30 heavy (non-hydrogen) atoms. The Labute approximate surface area is 168 Å². The third-order valence-electron chi connectivity index (χ3n) is 4.18. The first kappa shape index (κ1) is 21.8. The summed E-state index contributed by atoms with van der Waals surface area (Å²) in [6.45, 7) is 3.41. The summed E-state index contributed by atoms with van der Waals surface area (Å²) >= 11 is 0. The number of nitrogens with zero attached hydrogens (tertiary/aromatic N) is 3. The standard InChI is InChI=1S/C18H18F4N4O4/c1-10(24-15(27)9-28-13-5-14(6-13)30-18(20,21)22)2-3-16-25-26-17(29-16)11-4-12(19)8-23-7-11/h4,7-8,13-14H,1-3,5-6,9H2,(H,24,27). The highest BCUT2D eigenvalue weighted by Gasteiger charge is 2.40. The topological polar surface area (TPSA) is 99.4 Å². The summed E-state index contributed by atoms with van der Waals surface area (Å²) in [6, 6.07) is 1.21. The first-order chi connectivity index (χ1) is 14.2. The van der Waals surface area contributed by atoms with Crippen molar-refractivity contribution in [2.75, 3.05) is 6.61 Å². The largest absolute Gasteiger partial charge is 0.522 e. The van der Waals surface area contributed by atoms with Crippen molar-refractivity contribution in [1.82, 2.24) is 20.5 Å². The molecule has 0 atom stereocenters. The number of ether oxygens (including phenoxy) is 2. The van der Waals surface area contributed by atoms with E-state index in [-0.39, 0.29) is 37.7 Å². The van der Waals surface area contributed by atoms with E-state index in [4.69, 9.17) is 9.15 Å². The van der Waals surface area contributed by atoms with E-state index in [0.717, 1.165) is 6.20 Å². The molecule has 2 aromatic heterocycles. The van der Waals surface area contributed by atoms with E-state index < -0.39 is 30.3 Å². The molecule has 0 aromatic carbocycles. The number of nitrogens with one attached hydrogen (secondary N) is 1. The molecule has 1 fully saturated rings. The highest BCUT2D eigenvalue weighted by atomic mass is 19.4. The van der Waals surface area contributed by atoms with Gasteiger partial charge >= 0.3 is 6.36 Å². The number of alkyl halides is 3. The zero-order chi connectivity index (χ0) is 21.7. The van der Waals surface area contributed by atoms with Crippen LogP contribution in [0.5, 0.6) is 0 Å². The van der Waals surface area contributed by atoms with Crippen LogP contribution < -0.4 is 5.32 Å². The lowest BCUT2D eigenvalue weighted by Gasteiger charge is -2.34. The minimum absolute atomic E-state index is 0.0774. The van der Waals surface area contributed by atoms with Crippen LogP contribution >= 0.6 is 0 Å². The van der Waals surface area contributed by atoms with E-state index in [9.17, 15) is 22.4 Å². The second-order valence-corrected chi connectivity index (χ2v) is 6.63. The van der Waals surface area contributed by atoms with Crippen LogP contribution in [0.4, 0.5) is 17.6 Å². The molecule has 8 nitrogen and oxygen atoms in total. The van der Waals surface area contributed by atoms with Gasteiger partial charge in [-0.3, -0.25) is 14.5 Å². The van der Waals surface area contributed by atoms with E-state index in [2.05, 4.69) is 31.8 Å². The maximum absolute atomic E-state index is 13.2. The van der Waals surface area contributed by atoms with Crippen LogP contribution in [0.2, 0.25) is 0 Å². The molecular weight excluding hydrogens is 412 g/mol. The van der Waals surface area contributed by atoms with E-state index in [1.807, 2.05) is 0 Å². The number of aryl methyl sites for hydroxylation is 1. The van der Waals surface area contributed by atoms with Gasteiger partial charge in [0.2, 0.25) is 17.7 Å². The van der Waals surface area contributed by atoms with Crippen LogP contribution in [0, 0.1) is 5.82 Å². The van der Waals surface area contributed by atoms with Gasteiger partial charge in [-0.05, 0) is 12.5 Å². The molecule has 1 amide bonds. The van der Waals surface area contributed by atoms with E-state index in [0.29, 0.717) is 17.7 Å². The molecule has 1 N–H and O–H groups in total. The fourth-order valence-electron chi connectivity index (χ4n) is 2.69. The summed E-state index contributed by atoms with van der Waals surface area (Å²) in [5, 5.41) is 10.2. The van der Waals surface area contributed by atoms with Gasteiger partial charge in [-0.25, -0.2) is 4.39 Å². The van der Waals surface area contributed by atoms with Crippen molar-refractivity contribution >= 4 is 5.91 Å². The molecule has 1 aliphatic carbocycles. The fourth-order valence-corrected chi connectivity index (χ4v) is 2.69. The zero-order valence-corrected chi connectivity index (χ0v) is 15.6. The first-order valence-corrected chi connectivity index (χ1v) is 8.95. The molecule has 0 bridgehead atoms. The summed E-state index contributed by atoms with van der Waals surface area (Å²) in [5.74, 6) is -0.618. The van der Waals surface area contributed by atoms with Gasteiger partial charge < -0.3 is 14.5 Å². The average molecular weight is 430 g/mol. The van der Waals surface area contributed by atoms with Crippen LogP contribution in [-0.2, 0) is 20.7 Å². The molecule has 0 aliphatic heterocycles. The highest BCUT2D eigenvalue weighted by molar-refractivity contribution is 5.78. The average Bonchev–Trinajstić information content (AvgIpc) is 3.10. The minimum atomic E-state index is -4.67. The number of hydrogen-bond acceptors (Lipinski definition) is 7. The molecule has 12 heteroatoms. The number of allylic oxidation sites excluding steroid dienone is 1. The Morgan fingerprint density at radius 2 is 2.03 bits per heavy atom. The summed E-state index contributed by atoms with van der Waals surface area (Å²) in [5.41, 5.74) is 0.722. The number of carbonyl (C=O) groups is 1. The molecule has 0 radical (unpaired) electrons.